The van der Waals surface area contributed by atoms with E-state index >= 15 is 0 Å². The van der Waals surface area contributed by atoms with E-state index in [1.165, 1.54) is 0 Å². The number of fused-ring (bicyclic) bond motifs is 2. The van der Waals surface area contributed by atoms with Crippen LogP contribution in [-0.4, -0.2) is 46.9 Å². The van der Waals surface area contributed by atoms with Gasteiger partial charge in [-0.1, -0.05) is 32.0 Å². The molecule has 28 heavy (non-hydrogen) atoms. The molecule has 1 amide bonds. The molecule has 0 fully saturated rings. The molecule has 2 aromatic heterocycles. The number of carbonyl (C=O) groups excluding carboxylic acids is 1. The fraction of sp³-hybridized carbons (Fsp3) is 0.318. The molecule has 0 saturated carbocycles. The van der Waals surface area contributed by atoms with Crippen LogP contribution >= 0.6 is 0 Å². The Morgan fingerprint density at radius 2 is 1.89 bits per heavy atom. The molecule has 0 saturated heterocycles. The van der Waals surface area contributed by atoms with E-state index in [4.69, 9.17) is 4.42 Å². The molecule has 0 spiro atoms. The first-order valence-corrected chi connectivity index (χ1v) is 9.64. The van der Waals surface area contributed by atoms with Crippen LogP contribution in [-0.2, 0) is 0 Å². The summed E-state index contributed by atoms with van der Waals surface area (Å²) in [5.74, 6) is -0.0871. The Balaban J connectivity index is 1.85. The molecule has 1 atom stereocenters. The molecule has 0 bridgehead atoms. The zero-order valence-electron chi connectivity index (χ0n) is 16.1. The Kier molecular flexibility index (Phi) is 4.96. The summed E-state index contributed by atoms with van der Waals surface area (Å²) in [6, 6.07) is 10.3. The van der Waals surface area contributed by atoms with Gasteiger partial charge in [0.05, 0.1) is 17.0 Å². The van der Waals surface area contributed by atoms with Crippen molar-refractivity contribution in [3.05, 3.63) is 75.9 Å². The van der Waals surface area contributed by atoms with E-state index in [2.05, 4.69) is 23.7 Å². The molecule has 1 aliphatic rings. The zero-order chi connectivity index (χ0) is 19.7. The normalized spacial score (nSPS) is 16.2. The number of amides is 1. The highest BCUT2D eigenvalue weighted by Crippen LogP contribution is 2.37. The van der Waals surface area contributed by atoms with E-state index in [0.717, 1.165) is 25.2 Å². The summed E-state index contributed by atoms with van der Waals surface area (Å²) in [5.41, 5.74) is 1.52. The first kappa shape index (κ1) is 18.4. The quantitative estimate of drug-likeness (QED) is 0.660. The molecule has 1 aromatic carbocycles. The molecule has 0 N–H and O–H groups in total. The van der Waals surface area contributed by atoms with Gasteiger partial charge in [0.15, 0.2) is 5.43 Å². The van der Waals surface area contributed by atoms with Gasteiger partial charge in [0.1, 0.15) is 5.58 Å². The number of hydrogen-bond donors (Lipinski definition) is 0. The predicted molar refractivity (Wildman–Crippen MR) is 107 cm³/mol. The van der Waals surface area contributed by atoms with E-state index < -0.39 is 6.04 Å². The topological polar surface area (TPSA) is 66.7 Å². The minimum Gasteiger partial charge on any atom is -0.450 e. The third-order valence-electron chi connectivity index (χ3n) is 5.42. The molecular weight excluding hydrogens is 354 g/mol. The van der Waals surface area contributed by atoms with Gasteiger partial charge in [-0.2, -0.15) is 0 Å². The van der Waals surface area contributed by atoms with Crippen molar-refractivity contribution in [2.75, 3.05) is 26.2 Å². The lowest BCUT2D eigenvalue weighted by Crippen LogP contribution is -2.37. The summed E-state index contributed by atoms with van der Waals surface area (Å²) in [4.78, 5) is 34.7. The number of carbonyl (C=O) groups is 1. The highest BCUT2D eigenvalue weighted by Gasteiger charge is 2.42. The smallest absolute Gasteiger partial charge is 0.290 e. The van der Waals surface area contributed by atoms with Crippen LogP contribution in [0.1, 0.15) is 41.6 Å². The monoisotopic (exact) mass is 377 g/mol. The molecule has 1 aliphatic heterocycles. The van der Waals surface area contributed by atoms with E-state index in [9.17, 15) is 9.59 Å². The number of para-hydroxylation sites is 1. The summed E-state index contributed by atoms with van der Waals surface area (Å²) >= 11 is 0. The lowest BCUT2D eigenvalue weighted by atomic mass is 10.00. The average molecular weight is 377 g/mol. The van der Waals surface area contributed by atoms with Gasteiger partial charge in [-0.05, 0) is 36.9 Å². The van der Waals surface area contributed by atoms with Crippen LogP contribution in [0.5, 0.6) is 0 Å². The number of likely N-dealkylation sites (N-methyl/N-ethyl adjacent to an activating group) is 1. The van der Waals surface area contributed by atoms with E-state index in [-0.39, 0.29) is 17.1 Å². The maximum Gasteiger partial charge on any atom is 0.290 e. The second-order valence-corrected chi connectivity index (χ2v) is 6.88. The lowest BCUT2D eigenvalue weighted by molar-refractivity contribution is 0.0708. The number of aromatic nitrogens is 1. The minimum atomic E-state index is -0.479. The van der Waals surface area contributed by atoms with Crippen LogP contribution in [0.25, 0.3) is 11.0 Å². The van der Waals surface area contributed by atoms with Crippen LogP contribution in [0.2, 0.25) is 0 Å². The van der Waals surface area contributed by atoms with Gasteiger partial charge in [-0.3, -0.25) is 14.6 Å². The summed E-state index contributed by atoms with van der Waals surface area (Å²) in [6.45, 7) is 7.26. The lowest BCUT2D eigenvalue weighted by Gasteiger charge is -2.27. The van der Waals surface area contributed by atoms with Crippen LogP contribution in [0.4, 0.5) is 0 Å². The van der Waals surface area contributed by atoms with Gasteiger partial charge in [0, 0.05) is 25.5 Å². The number of hydrogen-bond acceptors (Lipinski definition) is 5. The second-order valence-electron chi connectivity index (χ2n) is 6.88. The SMILES string of the molecule is CCN(CC)CCN1C(=O)c2oc3ccccc3c(=O)c2[C@@H]1c1cccnc1. The maximum absolute atomic E-state index is 13.3. The van der Waals surface area contributed by atoms with E-state index in [1.807, 2.05) is 12.1 Å². The third kappa shape index (κ3) is 2.99. The van der Waals surface area contributed by atoms with Gasteiger partial charge >= 0.3 is 0 Å². The van der Waals surface area contributed by atoms with Crippen molar-refractivity contribution in [3.63, 3.8) is 0 Å². The summed E-state index contributed by atoms with van der Waals surface area (Å²) in [5, 5.41) is 0.494. The standard InChI is InChI=1S/C22H23N3O3/c1-3-24(4-2)12-13-25-19(15-8-7-11-23-14-15)18-20(26)16-9-5-6-10-17(16)28-21(18)22(25)27/h5-11,14,19H,3-4,12-13H2,1-2H3/t19-/m0/s1. The highest BCUT2D eigenvalue weighted by atomic mass is 16.3. The van der Waals surface area contributed by atoms with Gasteiger partial charge in [-0.15, -0.1) is 0 Å². The summed E-state index contributed by atoms with van der Waals surface area (Å²) in [6.07, 6.45) is 3.40. The van der Waals surface area contributed by atoms with Crippen LogP contribution in [0.3, 0.4) is 0 Å². The Morgan fingerprint density at radius 3 is 2.61 bits per heavy atom. The average Bonchev–Trinajstić information content (AvgIpc) is 3.02. The van der Waals surface area contributed by atoms with Gasteiger partial charge < -0.3 is 14.2 Å². The van der Waals surface area contributed by atoms with E-state index in [0.29, 0.717) is 23.1 Å². The summed E-state index contributed by atoms with van der Waals surface area (Å²) in [7, 11) is 0. The molecule has 3 aromatic rings. The highest BCUT2D eigenvalue weighted by molar-refractivity contribution is 5.99. The van der Waals surface area contributed by atoms with Crippen molar-refractivity contribution >= 4 is 16.9 Å². The molecule has 0 radical (unpaired) electrons. The first-order chi connectivity index (χ1) is 13.7. The Hall–Kier alpha value is -2.99. The fourth-order valence-corrected chi connectivity index (χ4v) is 3.87. The molecule has 4 rings (SSSR count). The summed E-state index contributed by atoms with van der Waals surface area (Å²) < 4.78 is 5.91. The van der Waals surface area contributed by atoms with Gasteiger partial charge in [-0.25, -0.2) is 0 Å². The Morgan fingerprint density at radius 1 is 1.11 bits per heavy atom. The number of benzene rings is 1. The number of rotatable bonds is 6. The predicted octanol–water partition coefficient (Wildman–Crippen LogP) is 3.08. The number of pyridine rings is 1. The molecular formula is C22H23N3O3. The zero-order valence-corrected chi connectivity index (χ0v) is 16.1. The maximum atomic E-state index is 13.3. The molecule has 0 aliphatic carbocycles. The van der Waals surface area contributed by atoms with Crippen LogP contribution in [0, 0.1) is 0 Å². The van der Waals surface area contributed by atoms with Crippen LogP contribution < -0.4 is 5.43 Å². The third-order valence-corrected chi connectivity index (χ3v) is 5.42. The largest absolute Gasteiger partial charge is 0.450 e. The Bertz CT molecular complexity index is 1060. The van der Waals surface area contributed by atoms with Crippen molar-refractivity contribution < 1.29 is 9.21 Å². The second kappa shape index (κ2) is 7.56. The molecule has 144 valence electrons. The van der Waals surface area contributed by atoms with Crippen molar-refractivity contribution in [3.8, 4) is 0 Å². The van der Waals surface area contributed by atoms with Crippen molar-refractivity contribution in [1.82, 2.24) is 14.8 Å². The van der Waals surface area contributed by atoms with E-state index in [1.54, 1.807) is 41.6 Å². The first-order valence-electron chi connectivity index (χ1n) is 9.64. The minimum absolute atomic E-state index is 0.149. The molecule has 6 nitrogen and oxygen atoms in total. The van der Waals surface area contributed by atoms with Crippen molar-refractivity contribution in [2.45, 2.75) is 19.9 Å². The van der Waals surface area contributed by atoms with Gasteiger partial charge in [0.25, 0.3) is 5.91 Å². The van der Waals surface area contributed by atoms with Crippen molar-refractivity contribution in [2.24, 2.45) is 0 Å². The molecule has 0 unspecified atom stereocenters. The Labute approximate surface area is 163 Å². The van der Waals surface area contributed by atoms with Gasteiger partial charge in [0.2, 0.25) is 5.76 Å². The van der Waals surface area contributed by atoms with Crippen LogP contribution in [0.15, 0.2) is 58.0 Å². The molecule has 6 heteroatoms. The molecule has 3 heterocycles. The number of nitrogens with zero attached hydrogens (tertiary/aromatic N) is 3. The fourth-order valence-electron chi connectivity index (χ4n) is 3.87. The van der Waals surface area contributed by atoms with Crippen molar-refractivity contribution in [1.29, 1.82) is 0 Å².